The molecule has 0 spiro atoms. The van der Waals surface area contributed by atoms with Gasteiger partial charge in [0.05, 0.1) is 0 Å². The van der Waals surface area contributed by atoms with Crippen LogP contribution in [0.5, 0.6) is 0 Å². The molecule has 0 aliphatic carbocycles. The molecule has 0 fully saturated rings. The molecule has 0 atom stereocenters. The minimum Gasteiger partial charge on any atom is -0.456 e. The Labute approximate surface area is 517 Å². The second-order valence-electron chi connectivity index (χ2n) is 24.5. The first-order chi connectivity index (χ1) is 39.9. The van der Waals surface area contributed by atoms with Crippen LogP contribution in [0.25, 0.3) is 89.5 Å². The van der Waals surface area contributed by atoms with E-state index in [1.165, 1.54) is 165 Å². The lowest BCUT2D eigenvalue weighted by molar-refractivity contribution is 0.669. The minimum absolute atomic E-state index is 0.593. The molecule has 84 heavy (non-hydrogen) atoms. The molecule has 0 saturated carbocycles. The predicted molar refractivity (Wildman–Crippen MR) is 434 cm³/mol. The topological polar surface area (TPSA) is 55.1 Å². The zero-order valence-electron chi connectivity index (χ0n) is 53.9. The van der Waals surface area contributed by atoms with Crippen molar-refractivity contribution in [2.45, 2.75) is 0 Å². The summed E-state index contributed by atoms with van der Waals surface area (Å²) in [7, 11) is 51.5. The molecule has 27 heteroatoms. The highest BCUT2D eigenvalue weighted by Gasteiger charge is 2.32. The molecule has 2 aromatic heterocycles. The fraction of sp³-hybridized carbons (Fsp3) is 0. The number of rotatable bonds is 9. The molecular formula is C57H60B22N4O. The second-order valence-corrected chi connectivity index (χ2v) is 24.5. The molecule has 11 aromatic rings. The summed E-state index contributed by atoms with van der Waals surface area (Å²) in [6.45, 7) is 0. The number of nitrogens with zero attached hydrogens (tertiary/aromatic N) is 4. The van der Waals surface area contributed by atoms with Gasteiger partial charge in [0.15, 0.2) is 17.5 Å². The Kier molecular flexibility index (Phi) is 15.5. The highest BCUT2D eigenvalue weighted by Crippen LogP contribution is 2.40. The number of furan rings is 1. The van der Waals surface area contributed by atoms with Gasteiger partial charge in [-0.25, -0.2) is 15.0 Å². The molecule has 11 rings (SSSR count). The van der Waals surface area contributed by atoms with E-state index in [9.17, 15) is 0 Å². The van der Waals surface area contributed by atoms with E-state index in [4.69, 9.17) is 19.4 Å². The van der Waals surface area contributed by atoms with Crippen molar-refractivity contribution < 1.29 is 4.42 Å². The van der Waals surface area contributed by atoms with Gasteiger partial charge in [-0.15, -0.1) is 32.8 Å². The molecule has 5 nitrogen and oxygen atoms in total. The lowest BCUT2D eigenvalue weighted by Crippen LogP contribution is -2.58. The first-order valence-corrected chi connectivity index (χ1v) is 30.0. The fourth-order valence-corrected chi connectivity index (χ4v) is 14.3. The van der Waals surface area contributed by atoms with Crippen molar-refractivity contribution in [2.24, 2.45) is 0 Å². The van der Waals surface area contributed by atoms with E-state index < -0.39 is 0 Å². The third-order valence-corrected chi connectivity index (χ3v) is 20.6. The van der Waals surface area contributed by atoms with Gasteiger partial charge in [0.25, 0.3) is 0 Å². The Morgan fingerprint density at radius 1 is 0.262 bits per heavy atom. The Balaban J connectivity index is 1.22. The predicted octanol–water partition coefficient (Wildman–Crippen LogP) is -23.1. The Morgan fingerprint density at radius 3 is 0.929 bits per heavy atom. The number of para-hydroxylation sites is 1. The largest absolute Gasteiger partial charge is 0.456 e. The van der Waals surface area contributed by atoms with Crippen LogP contribution in [-0.4, -0.2) is 188 Å². The standard InChI is InChI=1S/C57H60B22N4O/c58-30-24(19-15-21(25-20-13-7-8-14-22(20)84-23(25)16-19)57-81-55(17-9-3-1-4-10-17)80-56(82-57)18-11-5-2-6-12-18)31(59)47(75)52(46(30)74)83(53-48(76)36(64)28(37(65)49(53)77)26-32(60)40(68)44(72)41(69)33(26)61)54-50(78)38(66)29(39(67)51(54)79)27-34(62)42(70)45(73)43(71)35(27)63/h1-16H,58-79H2. The maximum absolute atomic E-state index is 6.89. The van der Waals surface area contributed by atoms with Crippen molar-refractivity contribution in [3.63, 3.8) is 0 Å². The zero-order chi connectivity index (χ0) is 60.4. The molecule has 380 valence electrons. The molecule has 0 saturated heterocycles. The zero-order valence-corrected chi connectivity index (χ0v) is 53.9. The smallest absolute Gasteiger partial charge is 0.164 e. The van der Waals surface area contributed by atoms with Crippen LogP contribution >= 0.6 is 0 Å². The number of hydrogen-bond acceptors (Lipinski definition) is 5. The molecule has 0 bridgehead atoms. The number of hydrogen-bond donors (Lipinski definition) is 0. The van der Waals surface area contributed by atoms with Gasteiger partial charge in [0.1, 0.15) is 184 Å². The van der Waals surface area contributed by atoms with Gasteiger partial charge >= 0.3 is 0 Å². The molecule has 9 aromatic carbocycles. The number of anilines is 3. The van der Waals surface area contributed by atoms with Gasteiger partial charge in [0.2, 0.25) is 0 Å². The minimum atomic E-state index is 0.593. The first kappa shape index (κ1) is 58.8. The van der Waals surface area contributed by atoms with Crippen LogP contribution < -0.4 is 125 Å². The van der Waals surface area contributed by atoms with E-state index in [0.717, 1.165) is 44.2 Å². The van der Waals surface area contributed by atoms with Crippen molar-refractivity contribution in [3.8, 4) is 67.5 Å². The van der Waals surface area contributed by atoms with E-state index in [2.05, 4.69) is 232 Å². The normalized spacial score (nSPS) is 11.4. The van der Waals surface area contributed by atoms with Crippen LogP contribution in [0.1, 0.15) is 0 Å². The van der Waals surface area contributed by atoms with Gasteiger partial charge in [-0.05, 0) is 51.6 Å². The summed E-state index contributed by atoms with van der Waals surface area (Å²) in [6.07, 6.45) is 0. The Bertz CT molecular complexity index is 4320. The summed E-state index contributed by atoms with van der Waals surface area (Å²) in [6, 6.07) is 33.3. The Morgan fingerprint density at radius 2 is 0.560 bits per heavy atom. The summed E-state index contributed by atoms with van der Waals surface area (Å²) in [4.78, 5) is 18.5. The van der Waals surface area contributed by atoms with E-state index in [1.54, 1.807) is 0 Å². The van der Waals surface area contributed by atoms with Crippen LogP contribution in [-0.2, 0) is 0 Å². The second kappa shape index (κ2) is 22.1. The van der Waals surface area contributed by atoms with Crippen LogP contribution in [0, 0.1) is 0 Å². The third-order valence-electron chi connectivity index (χ3n) is 20.6. The average molecular weight is 1050 g/mol. The SMILES string of the molecule is Bc1c(B)c(B)c(-c2c(B)c(B)c(N(c3c(B)c(B)c(-c4cc(-c5nc(-c6ccccc6)nc(-c6ccccc6)n5)c5c(c4)oc4ccccc45)c(B)c3B)c3c(B)c(B)c(-c4c(B)c(B)c(B)c(B)c4B)c(B)c3B)c(B)c2B)c(B)c1B. The van der Waals surface area contributed by atoms with Crippen LogP contribution in [0.2, 0.25) is 0 Å². The molecule has 0 aliphatic rings. The van der Waals surface area contributed by atoms with Gasteiger partial charge in [-0.1, -0.05) is 166 Å². The molecular weight excluding hydrogens is 995 g/mol. The van der Waals surface area contributed by atoms with Gasteiger partial charge in [-0.3, -0.25) is 0 Å². The van der Waals surface area contributed by atoms with Crippen molar-refractivity contribution >= 4 is 332 Å². The van der Waals surface area contributed by atoms with E-state index >= 15 is 0 Å². The van der Waals surface area contributed by atoms with Crippen molar-refractivity contribution in [1.82, 2.24) is 15.0 Å². The lowest BCUT2D eigenvalue weighted by atomic mass is 9.56. The summed E-state index contributed by atoms with van der Waals surface area (Å²) >= 11 is 0. The average Bonchev–Trinajstić information content (AvgIpc) is 1.46. The van der Waals surface area contributed by atoms with Gasteiger partial charge in [-0.2, -0.15) is 0 Å². The van der Waals surface area contributed by atoms with Crippen LogP contribution in [0.4, 0.5) is 17.1 Å². The lowest BCUT2D eigenvalue weighted by Gasteiger charge is -2.40. The van der Waals surface area contributed by atoms with Crippen molar-refractivity contribution in [3.05, 3.63) is 97.1 Å². The van der Waals surface area contributed by atoms with Crippen LogP contribution in [0.3, 0.4) is 0 Å². The van der Waals surface area contributed by atoms with E-state index in [1.807, 2.05) is 42.5 Å². The number of aromatic nitrogens is 3. The summed E-state index contributed by atoms with van der Waals surface area (Å²) in [5, 5.41) is 2.00. The monoisotopic (exact) mass is 1060 g/mol. The van der Waals surface area contributed by atoms with E-state index in [0.29, 0.717) is 17.5 Å². The fourth-order valence-electron chi connectivity index (χ4n) is 14.3. The molecule has 0 unspecified atom stereocenters. The van der Waals surface area contributed by atoms with Gasteiger partial charge < -0.3 is 9.32 Å². The maximum atomic E-state index is 6.89. The van der Waals surface area contributed by atoms with Crippen molar-refractivity contribution in [2.75, 3.05) is 4.90 Å². The van der Waals surface area contributed by atoms with Crippen LogP contribution in [0.15, 0.2) is 101 Å². The third kappa shape index (κ3) is 9.14. The molecule has 0 radical (unpaired) electrons. The summed E-state index contributed by atoms with van der Waals surface area (Å²) in [5.74, 6) is 1.83. The first-order valence-electron chi connectivity index (χ1n) is 30.0. The molecule has 0 amide bonds. The molecule has 0 aliphatic heterocycles. The Hall–Kier alpha value is -6.98. The van der Waals surface area contributed by atoms with Crippen molar-refractivity contribution in [1.29, 1.82) is 0 Å². The van der Waals surface area contributed by atoms with Gasteiger partial charge in [0, 0.05) is 44.5 Å². The number of benzene rings is 9. The highest BCUT2D eigenvalue weighted by atomic mass is 16.3. The van der Waals surface area contributed by atoms with E-state index in [-0.39, 0.29) is 0 Å². The molecule has 0 N–H and O–H groups in total. The summed E-state index contributed by atoms with van der Waals surface area (Å²) in [5.41, 5.74) is 44.8. The molecule has 2 heterocycles. The number of fused-ring (bicyclic) bond motifs is 3. The highest BCUT2D eigenvalue weighted by molar-refractivity contribution is 6.74. The maximum Gasteiger partial charge on any atom is 0.164 e. The summed E-state index contributed by atoms with van der Waals surface area (Å²) < 4.78 is 6.89. The quantitative estimate of drug-likeness (QED) is 0.135.